The summed E-state index contributed by atoms with van der Waals surface area (Å²) in [7, 11) is 0.321. The molecule has 1 N–H and O–H groups in total. The van der Waals surface area contributed by atoms with Gasteiger partial charge in [0.15, 0.2) is 5.65 Å². The molecule has 1 aromatic carbocycles. The van der Waals surface area contributed by atoms with Crippen molar-refractivity contribution in [3.05, 3.63) is 65.9 Å². The smallest absolute Gasteiger partial charge is 0.255 e. The number of morpholine rings is 1. The minimum atomic E-state index is -1.27. The normalized spacial score (nSPS) is 14.6. The molecule has 1 amide bonds. The molecule has 0 aliphatic carbocycles. The first-order chi connectivity index (χ1) is 23.1. The highest BCUT2D eigenvalue weighted by Crippen LogP contribution is 2.30. The van der Waals surface area contributed by atoms with Crippen LogP contribution in [0.1, 0.15) is 22.8 Å². The fourth-order valence-electron chi connectivity index (χ4n) is 5.68. The van der Waals surface area contributed by atoms with Crippen LogP contribution >= 0.6 is 0 Å². The molecule has 1 aliphatic rings. The summed E-state index contributed by atoms with van der Waals surface area (Å²) in [6.07, 6.45) is 5.20. The summed E-state index contributed by atoms with van der Waals surface area (Å²) in [5.74, 6) is 0.239. The molecule has 4 aromatic heterocycles. The highest BCUT2D eigenvalue weighted by molar-refractivity contribution is 6.76. The Kier molecular flexibility index (Phi) is 10.2. The first-order valence-corrected chi connectivity index (χ1v) is 20.0. The summed E-state index contributed by atoms with van der Waals surface area (Å²) >= 11 is 0. The number of nitrogens with zero attached hydrogens (tertiary/aromatic N) is 7. The van der Waals surface area contributed by atoms with Crippen molar-refractivity contribution in [2.24, 2.45) is 0 Å². The van der Waals surface area contributed by atoms with Crippen LogP contribution in [0.25, 0.3) is 33.5 Å². The first-order valence-electron chi connectivity index (χ1n) is 16.3. The van der Waals surface area contributed by atoms with Crippen molar-refractivity contribution < 1.29 is 23.4 Å². The number of pyridine rings is 1. The number of ether oxygens (including phenoxy) is 3. The van der Waals surface area contributed by atoms with Gasteiger partial charge in [-0.2, -0.15) is 5.10 Å². The number of methoxy groups -OCH3 is 1. The van der Waals surface area contributed by atoms with Crippen LogP contribution in [-0.2, 0) is 27.5 Å². The molecule has 0 saturated carbocycles. The van der Waals surface area contributed by atoms with Crippen LogP contribution in [0, 0.1) is 5.82 Å². The number of amides is 1. The van der Waals surface area contributed by atoms with E-state index >= 15 is 0 Å². The van der Waals surface area contributed by atoms with Gasteiger partial charge in [0.25, 0.3) is 5.91 Å². The molecule has 0 spiro atoms. The summed E-state index contributed by atoms with van der Waals surface area (Å²) in [5.41, 5.74) is 3.87. The number of rotatable bonds is 13. The van der Waals surface area contributed by atoms with E-state index in [0.29, 0.717) is 66.6 Å². The molecule has 1 saturated heterocycles. The minimum Gasteiger partial charge on any atom is -0.383 e. The number of hydrogen-bond acceptors (Lipinski definition) is 9. The van der Waals surface area contributed by atoms with E-state index in [9.17, 15) is 9.18 Å². The van der Waals surface area contributed by atoms with E-state index in [4.69, 9.17) is 29.3 Å². The number of carbonyl (C=O) groups excluding carboxylic acids is 1. The SMILES string of the molecule is COC[C@H](C)NC(=O)c1cn(COCC[Si](C)(C)C)c2ncc(-c3nn(Cc4ccc(N5CCOCC5)nc4)c4cc(F)ccc34)nc12. The molecule has 254 valence electrons. The van der Waals surface area contributed by atoms with Gasteiger partial charge in [0.05, 0.1) is 43.6 Å². The zero-order valence-corrected chi connectivity index (χ0v) is 29.2. The van der Waals surface area contributed by atoms with E-state index in [2.05, 4.69) is 34.8 Å². The van der Waals surface area contributed by atoms with Crippen molar-refractivity contribution in [1.82, 2.24) is 34.6 Å². The van der Waals surface area contributed by atoms with Crippen molar-refractivity contribution in [2.45, 2.75) is 51.9 Å². The van der Waals surface area contributed by atoms with Crippen LogP contribution < -0.4 is 10.2 Å². The molecule has 14 heteroatoms. The van der Waals surface area contributed by atoms with Crippen LogP contribution in [0.3, 0.4) is 0 Å². The Bertz CT molecular complexity index is 1880. The van der Waals surface area contributed by atoms with Gasteiger partial charge in [-0.05, 0) is 42.8 Å². The number of fused-ring (bicyclic) bond motifs is 2. The molecule has 0 bridgehead atoms. The summed E-state index contributed by atoms with van der Waals surface area (Å²) in [6, 6.07) is 9.40. The number of aromatic nitrogens is 6. The number of benzene rings is 1. The van der Waals surface area contributed by atoms with E-state index in [1.807, 2.05) is 29.8 Å². The van der Waals surface area contributed by atoms with Gasteiger partial charge in [-0.15, -0.1) is 0 Å². The molecule has 1 aliphatic heterocycles. The van der Waals surface area contributed by atoms with Gasteiger partial charge in [0, 0.05) is 58.7 Å². The van der Waals surface area contributed by atoms with Crippen LogP contribution in [-0.4, -0.2) is 95.9 Å². The summed E-state index contributed by atoms with van der Waals surface area (Å²) in [6.45, 7) is 13.4. The number of halogens is 1. The van der Waals surface area contributed by atoms with E-state index in [-0.39, 0.29) is 24.5 Å². The van der Waals surface area contributed by atoms with Crippen LogP contribution in [0.15, 0.2) is 48.9 Å². The zero-order valence-electron chi connectivity index (χ0n) is 28.2. The fraction of sp³-hybridized carbons (Fsp3) is 0.441. The molecular formula is C34H43FN8O4Si. The predicted molar refractivity (Wildman–Crippen MR) is 185 cm³/mol. The molecule has 12 nitrogen and oxygen atoms in total. The molecular weight excluding hydrogens is 632 g/mol. The lowest BCUT2D eigenvalue weighted by atomic mass is 10.1. The van der Waals surface area contributed by atoms with Crippen molar-refractivity contribution in [1.29, 1.82) is 0 Å². The quantitative estimate of drug-likeness (QED) is 0.137. The summed E-state index contributed by atoms with van der Waals surface area (Å²) < 4.78 is 34.8. The summed E-state index contributed by atoms with van der Waals surface area (Å²) in [5, 5.41) is 8.60. The van der Waals surface area contributed by atoms with Crippen LogP contribution in [0.2, 0.25) is 25.7 Å². The minimum absolute atomic E-state index is 0.211. The predicted octanol–water partition coefficient (Wildman–Crippen LogP) is 4.94. The number of nitrogens with one attached hydrogen (secondary N) is 1. The number of carbonyl (C=O) groups is 1. The third-order valence-corrected chi connectivity index (χ3v) is 9.97. The Labute approximate surface area is 280 Å². The van der Waals surface area contributed by atoms with Gasteiger partial charge < -0.3 is 29.0 Å². The van der Waals surface area contributed by atoms with Crippen molar-refractivity contribution in [3.63, 3.8) is 0 Å². The van der Waals surface area contributed by atoms with E-state index in [1.165, 1.54) is 12.1 Å². The highest BCUT2D eigenvalue weighted by Gasteiger charge is 2.23. The van der Waals surface area contributed by atoms with Crippen molar-refractivity contribution in [2.75, 3.05) is 51.5 Å². The molecule has 6 rings (SSSR count). The molecule has 0 unspecified atom stereocenters. The number of anilines is 1. The zero-order chi connectivity index (χ0) is 33.8. The standard InChI is InChI=1S/C34H43FN8O4Si/c1-23(21-45-2)38-34(44)27-20-42(22-47-14-15-48(3,4)5)33-32(27)39-28(18-37-33)31-26-8-7-25(35)16-29(26)43(40-31)19-24-6-9-30(36-17-24)41-10-12-46-13-11-41/h6-9,16-18,20,23H,10-15,19,21-22H2,1-5H3,(H,38,44)/t23-/m0/s1. The van der Waals surface area contributed by atoms with Crippen LogP contribution in [0.5, 0.6) is 0 Å². The Balaban J connectivity index is 1.34. The molecule has 48 heavy (non-hydrogen) atoms. The Morgan fingerprint density at radius 1 is 1.12 bits per heavy atom. The third kappa shape index (κ3) is 7.73. The van der Waals surface area contributed by atoms with Gasteiger partial charge >= 0.3 is 0 Å². The second kappa shape index (κ2) is 14.5. The van der Waals surface area contributed by atoms with Gasteiger partial charge in [-0.1, -0.05) is 25.7 Å². The van der Waals surface area contributed by atoms with Crippen molar-refractivity contribution >= 4 is 41.9 Å². The van der Waals surface area contributed by atoms with Crippen LogP contribution in [0.4, 0.5) is 10.2 Å². The molecule has 1 fully saturated rings. The lowest BCUT2D eigenvalue weighted by Gasteiger charge is -2.27. The molecule has 5 heterocycles. The number of hydrogen-bond donors (Lipinski definition) is 1. The van der Waals surface area contributed by atoms with Crippen molar-refractivity contribution in [3.8, 4) is 11.4 Å². The van der Waals surface area contributed by atoms with E-state index in [0.717, 1.165) is 35.9 Å². The van der Waals surface area contributed by atoms with Gasteiger partial charge in [0.2, 0.25) is 0 Å². The Morgan fingerprint density at radius 3 is 2.67 bits per heavy atom. The third-order valence-electron chi connectivity index (χ3n) is 8.26. The maximum atomic E-state index is 14.6. The van der Waals surface area contributed by atoms with E-state index in [1.54, 1.807) is 30.3 Å². The highest BCUT2D eigenvalue weighted by atomic mass is 28.3. The van der Waals surface area contributed by atoms with Gasteiger partial charge in [-0.25, -0.2) is 19.3 Å². The Morgan fingerprint density at radius 2 is 1.94 bits per heavy atom. The average Bonchev–Trinajstić information content (AvgIpc) is 3.61. The lowest BCUT2D eigenvalue weighted by molar-refractivity contribution is 0.0881. The lowest BCUT2D eigenvalue weighted by Crippen LogP contribution is -2.36. The monoisotopic (exact) mass is 674 g/mol. The molecule has 1 atom stereocenters. The summed E-state index contributed by atoms with van der Waals surface area (Å²) in [4.78, 5) is 30.0. The topological polar surface area (TPSA) is 121 Å². The maximum absolute atomic E-state index is 14.6. The largest absolute Gasteiger partial charge is 0.383 e. The van der Waals surface area contributed by atoms with Gasteiger partial charge in [-0.3, -0.25) is 9.48 Å². The maximum Gasteiger partial charge on any atom is 0.255 e. The van der Waals surface area contributed by atoms with E-state index < -0.39 is 8.07 Å². The average molecular weight is 675 g/mol. The Hall–Kier alpha value is -4.24. The fourth-order valence-corrected chi connectivity index (χ4v) is 6.44. The second-order valence-corrected chi connectivity index (χ2v) is 19.0. The second-order valence-electron chi connectivity index (χ2n) is 13.4. The molecule has 0 radical (unpaired) electrons. The first kappa shape index (κ1) is 33.7. The molecule has 5 aromatic rings. The van der Waals surface area contributed by atoms with Gasteiger partial charge in [0.1, 0.15) is 35.3 Å².